The summed E-state index contributed by atoms with van der Waals surface area (Å²) in [6, 6.07) is 12.3. The van der Waals surface area contributed by atoms with Crippen LogP contribution in [0.2, 0.25) is 0 Å². The Morgan fingerprint density at radius 3 is 2.32 bits per heavy atom. The van der Waals surface area contributed by atoms with Crippen molar-refractivity contribution in [3.63, 3.8) is 0 Å². The lowest BCUT2D eigenvalue weighted by molar-refractivity contribution is -0.130. The molecule has 6 rings (SSSR count). The number of rotatable bonds is 7. The van der Waals surface area contributed by atoms with Gasteiger partial charge in [-0.1, -0.05) is 25.3 Å². The first kappa shape index (κ1) is 33.2. The first-order valence-corrected chi connectivity index (χ1v) is 18.1. The van der Waals surface area contributed by atoms with Crippen LogP contribution >= 0.6 is 0 Å². The molecule has 11 heteroatoms. The van der Waals surface area contributed by atoms with E-state index in [2.05, 4.69) is 28.1 Å². The molecule has 2 aromatic carbocycles. The SMILES string of the molecule is COc1ccc2c(c1)C=C(C(=O)N1CC3CCC(C1)N3C)CN/C2=C(\c1ccc(C(=O)NS(=O)(=O)N(C)C)cc1C)C1CCCCC1. The molecule has 0 spiro atoms. The van der Waals surface area contributed by atoms with Crippen molar-refractivity contribution >= 4 is 39.4 Å². The van der Waals surface area contributed by atoms with E-state index in [1.165, 1.54) is 26.1 Å². The molecule has 1 aliphatic carbocycles. The van der Waals surface area contributed by atoms with Crippen molar-refractivity contribution in [3.8, 4) is 5.75 Å². The monoisotopic (exact) mass is 661 g/mol. The summed E-state index contributed by atoms with van der Waals surface area (Å²) in [6.45, 7) is 3.86. The Balaban J connectivity index is 1.41. The van der Waals surface area contributed by atoms with Crippen LogP contribution in [0, 0.1) is 12.8 Å². The standard InChI is InChI=1S/C36H47N5O5S/c1-23-17-25(35(42)38-47(44,45)39(2)3)11-15-31(23)33(24-9-7-6-8-10-24)34-32-16-14-30(46-5)19-26(32)18-27(20-37-34)36(43)41-21-28-12-13-29(22-41)40(28)4/h11,14-19,24,28-29,37H,6-10,12-13,20-22H2,1-5H3,(H,38,42)/b34-33-. The highest BCUT2D eigenvalue weighted by molar-refractivity contribution is 7.87. The summed E-state index contributed by atoms with van der Waals surface area (Å²) >= 11 is 0. The summed E-state index contributed by atoms with van der Waals surface area (Å²) in [6.07, 6.45) is 9.84. The van der Waals surface area contributed by atoms with Gasteiger partial charge >= 0.3 is 10.2 Å². The number of aryl methyl sites for hydroxylation is 1. The van der Waals surface area contributed by atoms with Gasteiger partial charge in [-0.15, -0.1) is 0 Å². The number of hydrogen-bond donors (Lipinski definition) is 2. The summed E-state index contributed by atoms with van der Waals surface area (Å²) in [5, 5.41) is 3.74. The molecule has 2 amide bonds. The number of carbonyl (C=O) groups excluding carboxylic acids is 2. The molecule has 0 radical (unpaired) electrons. The molecule has 0 aromatic heterocycles. The maximum atomic E-state index is 14.1. The van der Waals surface area contributed by atoms with Gasteiger partial charge < -0.3 is 15.0 Å². The number of benzene rings is 2. The molecule has 3 aliphatic heterocycles. The third-order valence-electron chi connectivity index (χ3n) is 10.5. The molecule has 252 valence electrons. The van der Waals surface area contributed by atoms with E-state index >= 15 is 0 Å². The van der Waals surface area contributed by atoms with E-state index in [0.717, 1.165) is 95.2 Å². The van der Waals surface area contributed by atoms with Crippen LogP contribution in [0.5, 0.6) is 5.75 Å². The van der Waals surface area contributed by atoms with Gasteiger partial charge in [0.25, 0.3) is 11.8 Å². The predicted molar refractivity (Wildman–Crippen MR) is 185 cm³/mol. The molecule has 3 heterocycles. The molecular formula is C36H47N5O5S. The fourth-order valence-corrected chi connectivity index (χ4v) is 8.25. The Kier molecular flexibility index (Phi) is 9.51. The smallest absolute Gasteiger partial charge is 0.303 e. The minimum Gasteiger partial charge on any atom is -0.497 e. The second kappa shape index (κ2) is 13.4. The van der Waals surface area contributed by atoms with E-state index in [1.54, 1.807) is 19.2 Å². The second-order valence-electron chi connectivity index (χ2n) is 13.6. The first-order valence-electron chi connectivity index (χ1n) is 16.7. The van der Waals surface area contributed by atoms with Gasteiger partial charge in [-0.3, -0.25) is 14.5 Å². The fraction of sp³-hybridized carbons (Fsp3) is 0.500. The van der Waals surface area contributed by atoms with Gasteiger partial charge in [0.15, 0.2) is 0 Å². The summed E-state index contributed by atoms with van der Waals surface area (Å²) in [7, 11) is 2.66. The Bertz CT molecular complexity index is 1710. The number of allylic oxidation sites excluding steroid dienone is 1. The highest BCUT2D eigenvalue weighted by Crippen LogP contribution is 2.42. The van der Waals surface area contributed by atoms with Crippen LogP contribution < -0.4 is 14.8 Å². The molecule has 10 nitrogen and oxygen atoms in total. The van der Waals surface area contributed by atoms with E-state index in [9.17, 15) is 18.0 Å². The third kappa shape index (κ3) is 6.71. The number of amides is 2. The fourth-order valence-electron chi connectivity index (χ4n) is 7.72. The van der Waals surface area contributed by atoms with Crippen molar-refractivity contribution in [2.24, 2.45) is 5.92 Å². The van der Waals surface area contributed by atoms with Crippen LogP contribution in [0.1, 0.15) is 77.6 Å². The van der Waals surface area contributed by atoms with Gasteiger partial charge in [-0.05, 0) is 104 Å². The molecule has 2 N–H and O–H groups in total. The highest BCUT2D eigenvalue weighted by Gasteiger charge is 2.40. The van der Waals surface area contributed by atoms with Gasteiger partial charge in [-0.2, -0.15) is 12.7 Å². The summed E-state index contributed by atoms with van der Waals surface area (Å²) in [5.74, 6) is 0.411. The Morgan fingerprint density at radius 2 is 1.68 bits per heavy atom. The van der Waals surface area contributed by atoms with Gasteiger partial charge in [0.1, 0.15) is 5.75 Å². The number of carbonyl (C=O) groups is 2. The molecule has 2 atom stereocenters. The van der Waals surface area contributed by atoms with E-state index in [4.69, 9.17) is 4.74 Å². The molecule has 1 saturated carbocycles. The minimum absolute atomic E-state index is 0.0796. The summed E-state index contributed by atoms with van der Waals surface area (Å²) in [4.78, 5) is 31.5. The van der Waals surface area contributed by atoms with Crippen molar-refractivity contribution in [1.82, 2.24) is 24.1 Å². The van der Waals surface area contributed by atoms with Crippen molar-refractivity contribution in [1.29, 1.82) is 0 Å². The largest absolute Gasteiger partial charge is 0.497 e. The van der Waals surface area contributed by atoms with Crippen LogP contribution in [-0.4, -0.2) is 94.3 Å². The number of nitrogens with zero attached hydrogens (tertiary/aromatic N) is 3. The van der Waals surface area contributed by atoms with Crippen LogP contribution in [0.4, 0.5) is 0 Å². The average Bonchev–Trinajstić information content (AvgIpc) is 3.21. The zero-order chi connectivity index (χ0) is 33.5. The number of piperazine rings is 1. The minimum atomic E-state index is -3.92. The number of nitrogens with one attached hydrogen (secondary N) is 2. The average molecular weight is 662 g/mol. The number of hydrogen-bond acceptors (Lipinski definition) is 7. The normalized spacial score (nSPS) is 23.0. The van der Waals surface area contributed by atoms with E-state index in [0.29, 0.717) is 18.6 Å². The van der Waals surface area contributed by atoms with Crippen molar-refractivity contribution in [2.45, 2.75) is 64.0 Å². The molecule has 47 heavy (non-hydrogen) atoms. The first-order chi connectivity index (χ1) is 22.5. The number of likely N-dealkylation sites (N-methyl/N-ethyl adjacent to an activating group) is 1. The van der Waals surface area contributed by atoms with Crippen molar-refractivity contribution in [3.05, 3.63) is 69.8 Å². The number of methoxy groups -OCH3 is 1. The van der Waals surface area contributed by atoms with E-state index < -0.39 is 16.1 Å². The zero-order valence-corrected chi connectivity index (χ0v) is 29.0. The van der Waals surface area contributed by atoms with Crippen molar-refractivity contribution < 1.29 is 22.7 Å². The number of fused-ring (bicyclic) bond motifs is 3. The molecule has 2 bridgehead atoms. The molecule has 4 aliphatic rings. The van der Waals surface area contributed by atoms with Crippen LogP contribution in [0.15, 0.2) is 42.0 Å². The molecule has 2 aromatic rings. The highest BCUT2D eigenvalue weighted by atomic mass is 32.2. The Labute approximate surface area is 279 Å². The topological polar surface area (TPSA) is 111 Å². The third-order valence-corrected chi connectivity index (χ3v) is 11.9. The van der Waals surface area contributed by atoms with Gasteiger partial charge in [0, 0.05) is 68.2 Å². The van der Waals surface area contributed by atoms with E-state index in [-0.39, 0.29) is 17.4 Å². The lowest BCUT2D eigenvalue weighted by atomic mass is 9.77. The molecule has 3 fully saturated rings. The Hall–Kier alpha value is -3.67. The number of likely N-dealkylation sites (tertiary alicyclic amines) is 1. The van der Waals surface area contributed by atoms with Gasteiger partial charge in [-0.25, -0.2) is 4.72 Å². The quantitative estimate of drug-likeness (QED) is 0.456. The van der Waals surface area contributed by atoms with Gasteiger partial charge in [0.05, 0.1) is 7.11 Å². The lowest BCUT2D eigenvalue weighted by Gasteiger charge is -2.39. The Morgan fingerprint density at radius 1 is 0.979 bits per heavy atom. The van der Waals surface area contributed by atoms with Crippen LogP contribution in [-0.2, 0) is 15.0 Å². The maximum absolute atomic E-state index is 14.1. The second-order valence-corrected chi connectivity index (χ2v) is 15.5. The number of ether oxygens (including phenoxy) is 1. The van der Waals surface area contributed by atoms with Gasteiger partial charge in [0.2, 0.25) is 0 Å². The zero-order valence-electron chi connectivity index (χ0n) is 28.1. The maximum Gasteiger partial charge on any atom is 0.303 e. The van der Waals surface area contributed by atoms with E-state index in [1.807, 2.05) is 36.1 Å². The summed E-state index contributed by atoms with van der Waals surface area (Å²) < 4.78 is 33.4. The van der Waals surface area contributed by atoms with Crippen LogP contribution in [0.3, 0.4) is 0 Å². The molecule has 2 unspecified atom stereocenters. The summed E-state index contributed by atoms with van der Waals surface area (Å²) in [5.41, 5.74) is 6.99. The van der Waals surface area contributed by atoms with Crippen molar-refractivity contribution in [2.75, 3.05) is 47.9 Å². The molecule has 2 saturated heterocycles. The predicted octanol–water partition coefficient (Wildman–Crippen LogP) is 4.28. The molecular weight excluding hydrogens is 614 g/mol. The lowest BCUT2D eigenvalue weighted by Crippen LogP contribution is -2.54. The van der Waals surface area contributed by atoms with Crippen LogP contribution in [0.25, 0.3) is 17.3 Å².